The number of thioether (sulfide) groups is 1. The molecule has 0 aromatic heterocycles. The van der Waals surface area contributed by atoms with E-state index in [0.717, 1.165) is 5.56 Å². The minimum absolute atomic E-state index is 0.0368. The Morgan fingerprint density at radius 2 is 1.66 bits per heavy atom. The van der Waals surface area contributed by atoms with Crippen molar-refractivity contribution < 1.29 is 18.0 Å². The van der Waals surface area contributed by atoms with Crippen molar-refractivity contribution in [2.24, 2.45) is 5.73 Å². The molecule has 2 aromatic rings. The molecule has 2 unspecified atom stereocenters. The fourth-order valence-electron chi connectivity index (χ4n) is 3.27. The maximum absolute atomic E-state index is 12.9. The standard InChI is InChI=1S/C24H33N5O4S2/c1-3-20(29-35(32,33)16-18-7-5-4-6-8-18)24(31)28-21(13-14-34-2)23(30)27-15-17-9-11-19(12-10-17)22(25)26/h4-12,20-21,29H,3,13-16H2,1-2H3,(H3,25,26)(H,27,30)(H,28,31). The molecule has 0 radical (unpaired) electrons. The lowest BCUT2D eigenvalue weighted by Gasteiger charge is -2.22. The van der Waals surface area contributed by atoms with Crippen molar-refractivity contribution in [1.82, 2.24) is 15.4 Å². The quantitative estimate of drug-likeness (QED) is 0.189. The number of hydrogen-bond donors (Lipinski definition) is 5. The van der Waals surface area contributed by atoms with Crippen LogP contribution in [0.1, 0.15) is 36.5 Å². The van der Waals surface area contributed by atoms with Gasteiger partial charge >= 0.3 is 0 Å². The lowest BCUT2D eigenvalue weighted by Crippen LogP contribution is -2.53. The van der Waals surface area contributed by atoms with Crippen molar-refractivity contribution in [3.8, 4) is 0 Å². The first-order chi connectivity index (χ1) is 16.6. The first-order valence-electron chi connectivity index (χ1n) is 11.2. The summed E-state index contributed by atoms with van der Waals surface area (Å²) in [5, 5.41) is 13.0. The average molecular weight is 520 g/mol. The number of rotatable bonds is 14. The van der Waals surface area contributed by atoms with E-state index < -0.39 is 28.0 Å². The molecule has 2 aromatic carbocycles. The molecule has 2 atom stereocenters. The molecule has 0 heterocycles. The van der Waals surface area contributed by atoms with Crippen molar-refractivity contribution in [1.29, 1.82) is 5.41 Å². The number of sulfonamides is 1. The van der Waals surface area contributed by atoms with Gasteiger partial charge in [0.1, 0.15) is 17.9 Å². The van der Waals surface area contributed by atoms with Crippen LogP contribution in [0.15, 0.2) is 54.6 Å². The highest BCUT2D eigenvalue weighted by atomic mass is 32.2. The third kappa shape index (κ3) is 9.71. The Morgan fingerprint density at radius 3 is 2.23 bits per heavy atom. The summed E-state index contributed by atoms with van der Waals surface area (Å²) in [6.07, 6.45) is 2.54. The Hall–Kier alpha value is -2.89. The minimum atomic E-state index is -3.76. The van der Waals surface area contributed by atoms with Crippen LogP contribution in [-0.2, 0) is 31.9 Å². The fraction of sp³-hybridized carbons (Fsp3) is 0.375. The van der Waals surface area contributed by atoms with Gasteiger partial charge in [-0.2, -0.15) is 11.8 Å². The van der Waals surface area contributed by atoms with Gasteiger partial charge in [0.25, 0.3) is 0 Å². The van der Waals surface area contributed by atoms with Crippen molar-refractivity contribution in [2.45, 2.75) is 44.1 Å². The Labute approximate surface area is 211 Å². The molecule has 0 bridgehead atoms. The van der Waals surface area contributed by atoms with Crippen LogP contribution in [0.3, 0.4) is 0 Å². The predicted octanol–water partition coefficient (Wildman–Crippen LogP) is 1.72. The highest BCUT2D eigenvalue weighted by Gasteiger charge is 2.27. The smallest absolute Gasteiger partial charge is 0.242 e. The van der Waals surface area contributed by atoms with Crippen LogP contribution < -0.4 is 21.1 Å². The molecule has 11 heteroatoms. The van der Waals surface area contributed by atoms with Crippen LogP contribution in [0.5, 0.6) is 0 Å². The van der Waals surface area contributed by atoms with E-state index in [1.54, 1.807) is 73.3 Å². The number of benzene rings is 2. The van der Waals surface area contributed by atoms with Crippen LogP contribution in [-0.4, -0.2) is 50.2 Å². The Kier molecular flexibility index (Phi) is 11.2. The van der Waals surface area contributed by atoms with Crippen LogP contribution in [0, 0.1) is 5.41 Å². The first kappa shape index (κ1) is 28.3. The SMILES string of the molecule is CCC(NS(=O)(=O)Cc1ccccc1)C(=O)NC(CCSC)C(=O)NCc1ccc(C(=N)N)cc1. The van der Waals surface area contributed by atoms with Gasteiger partial charge in [0.05, 0.1) is 5.75 Å². The predicted molar refractivity (Wildman–Crippen MR) is 141 cm³/mol. The number of hydrogen-bond acceptors (Lipinski definition) is 6. The molecule has 2 rings (SSSR count). The summed E-state index contributed by atoms with van der Waals surface area (Å²) in [7, 11) is -3.76. The van der Waals surface area contributed by atoms with Gasteiger partial charge in [-0.3, -0.25) is 15.0 Å². The number of nitrogen functional groups attached to an aromatic ring is 1. The van der Waals surface area contributed by atoms with Gasteiger partial charge in [-0.25, -0.2) is 13.1 Å². The van der Waals surface area contributed by atoms with E-state index in [1.807, 2.05) is 6.26 Å². The molecule has 2 amide bonds. The molecule has 6 N–H and O–H groups in total. The molecule has 0 spiro atoms. The Balaban J connectivity index is 2.00. The Bertz CT molecular complexity index is 1090. The Morgan fingerprint density at radius 1 is 1.00 bits per heavy atom. The van der Waals surface area contributed by atoms with Crippen LogP contribution in [0.25, 0.3) is 0 Å². The van der Waals surface area contributed by atoms with E-state index in [2.05, 4.69) is 15.4 Å². The lowest BCUT2D eigenvalue weighted by atomic mass is 10.1. The molecule has 0 aliphatic rings. The fourth-order valence-corrected chi connectivity index (χ4v) is 5.16. The molecule has 0 saturated carbocycles. The minimum Gasteiger partial charge on any atom is -0.384 e. The largest absolute Gasteiger partial charge is 0.384 e. The summed E-state index contributed by atoms with van der Waals surface area (Å²) in [5.41, 5.74) is 7.48. The van der Waals surface area contributed by atoms with E-state index in [4.69, 9.17) is 11.1 Å². The van der Waals surface area contributed by atoms with E-state index in [0.29, 0.717) is 23.3 Å². The third-order valence-electron chi connectivity index (χ3n) is 5.22. The third-order valence-corrected chi connectivity index (χ3v) is 7.22. The second kappa shape index (κ2) is 13.9. The number of amidine groups is 1. The van der Waals surface area contributed by atoms with Gasteiger partial charge in [0.2, 0.25) is 21.8 Å². The number of carbonyl (C=O) groups is 2. The molecule has 0 fully saturated rings. The number of amides is 2. The first-order valence-corrected chi connectivity index (χ1v) is 14.2. The van der Waals surface area contributed by atoms with E-state index >= 15 is 0 Å². The second-order valence-corrected chi connectivity index (χ2v) is 10.7. The number of nitrogens with two attached hydrogens (primary N) is 1. The summed E-state index contributed by atoms with van der Waals surface area (Å²) in [5.74, 6) is -0.537. The van der Waals surface area contributed by atoms with Crippen LogP contribution in [0.2, 0.25) is 0 Å². The zero-order chi connectivity index (χ0) is 25.8. The van der Waals surface area contributed by atoms with E-state index in [1.165, 1.54) is 0 Å². The second-order valence-electron chi connectivity index (χ2n) is 7.99. The van der Waals surface area contributed by atoms with Crippen LogP contribution in [0.4, 0.5) is 0 Å². The highest BCUT2D eigenvalue weighted by Crippen LogP contribution is 2.08. The van der Waals surface area contributed by atoms with Gasteiger partial charge in [0.15, 0.2) is 0 Å². The average Bonchev–Trinajstić information content (AvgIpc) is 2.84. The maximum Gasteiger partial charge on any atom is 0.242 e. The van der Waals surface area contributed by atoms with Gasteiger partial charge in [-0.1, -0.05) is 61.5 Å². The molecular formula is C24H33N5O4S2. The van der Waals surface area contributed by atoms with Crippen molar-refractivity contribution in [3.05, 3.63) is 71.3 Å². The topological polar surface area (TPSA) is 154 Å². The normalized spacial score (nSPS) is 13.0. The number of nitrogens with one attached hydrogen (secondary N) is 4. The molecule has 0 aliphatic carbocycles. The molecule has 0 saturated heterocycles. The lowest BCUT2D eigenvalue weighted by molar-refractivity contribution is -0.130. The van der Waals surface area contributed by atoms with Crippen molar-refractivity contribution >= 4 is 39.4 Å². The van der Waals surface area contributed by atoms with Gasteiger partial charge in [0, 0.05) is 12.1 Å². The summed E-state index contributed by atoms with van der Waals surface area (Å²) in [6, 6.07) is 13.8. The molecule has 190 valence electrons. The molecule has 35 heavy (non-hydrogen) atoms. The molecule has 0 aliphatic heterocycles. The highest BCUT2D eigenvalue weighted by molar-refractivity contribution is 7.98. The zero-order valence-corrected chi connectivity index (χ0v) is 21.5. The molecule has 9 nitrogen and oxygen atoms in total. The van der Waals surface area contributed by atoms with Crippen molar-refractivity contribution in [2.75, 3.05) is 12.0 Å². The van der Waals surface area contributed by atoms with E-state index in [9.17, 15) is 18.0 Å². The van der Waals surface area contributed by atoms with Gasteiger partial charge < -0.3 is 16.4 Å². The van der Waals surface area contributed by atoms with Crippen molar-refractivity contribution in [3.63, 3.8) is 0 Å². The number of carbonyl (C=O) groups excluding carboxylic acids is 2. The van der Waals surface area contributed by atoms with Crippen LogP contribution >= 0.6 is 11.8 Å². The summed E-state index contributed by atoms with van der Waals surface area (Å²) < 4.78 is 27.7. The molecular weight excluding hydrogens is 486 g/mol. The summed E-state index contributed by atoms with van der Waals surface area (Å²) >= 11 is 1.54. The van der Waals surface area contributed by atoms with Gasteiger partial charge in [-0.15, -0.1) is 0 Å². The monoisotopic (exact) mass is 519 g/mol. The zero-order valence-electron chi connectivity index (χ0n) is 19.9. The summed E-state index contributed by atoms with van der Waals surface area (Å²) in [4.78, 5) is 25.7. The van der Waals surface area contributed by atoms with Gasteiger partial charge in [-0.05, 0) is 36.0 Å². The van der Waals surface area contributed by atoms with E-state index in [-0.39, 0.29) is 30.5 Å². The summed E-state index contributed by atoms with van der Waals surface area (Å²) in [6.45, 7) is 1.94. The maximum atomic E-state index is 12.9.